The molecule has 1 amide bonds. The Labute approximate surface area is 228 Å². The number of nitrogens with one attached hydrogen (secondary N) is 3. The van der Waals surface area contributed by atoms with Gasteiger partial charge in [0.15, 0.2) is 5.78 Å². The first kappa shape index (κ1) is 28.3. The summed E-state index contributed by atoms with van der Waals surface area (Å²) in [4.78, 5) is 34.5. The van der Waals surface area contributed by atoms with Crippen molar-refractivity contribution in [3.05, 3.63) is 76.3 Å². The van der Waals surface area contributed by atoms with E-state index in [0.717, 1.165) is 6.07 Å². The van der Waals surface area contributed by atoms with Gasteiger partial charge in [0, 0.05) is 38.0 Å². The molecule has 0 bridgehead atoms. The number of anilines is 3. The number of halogens is 4. The van der Waals surface area contributed by atoms with E-state index in [1.807, 2.05) is 0 Å². The number of ether oxygens (including phenoxy) is 1. The van der Waals surface area contributed by atoms with E-state index in [1.165, 1.54) is 24.5 Å². The average Bonchev–Trinajstić information content (AvgIpc) is 3.38. The van der Waals surface area contributed by atoms with Gasteiger partial charge in [0.25, 0.3) is 0 Å². The zero-order valence-corrected chi connectivity index (χ0v) is 22.0. The summed E-state index contributed by atoms with van der Waals surface area (Å²) >= 11 is 6.35. The molecule has 3 heterocycles. The van der Waals surface area contributed by atoms with Crippen LogP contribution in [0.4, 0.5) is 30.2 Å². The van der Waals surface area contributed by atoms with Crippen LogP contribution in [0.5, 0.6) is 0 Å². The molecule has 0 aliphatic carbocycles. The lowest BCUT2D eigenvalue weighted by Crippen LogP contribution is -2.43. The molecular weight excluding hydrogens is 535 g/mol. The van der Waals surface area contributed by atoms with Crippen LogP contribution in [0, 0.1) is 12.3 Å². The standard InChI is InChI=1S/C27H27ClF3N5O3/c1-16-3-4-22(20(7-16)27(29,30)31)36-19-9-21(28)23(34-13-19)14-35-25(38)26(5-6-39-15-26)10-24(37)17-8-18(32-2)12-33-11-17/h3-4,7-9,11-13,32,36H,5-6,10,14-15H2,1-2H3,(H,35,38)/t26-/m0/s1. The molecule has 206 valence electrons. The summed E-state index contributed by atoms with van der Waals surface area (Å²) in [6.45, 7) is 1.97. The Balaban J connectivity index is 1.44. The Bertz CT molecular complexity index is 1380. The molecule has 39 heavy (non-hydrogen) atoms. The monoisotopic (exact) mass is 561 g/mol. The topological polar surface area (TPSA) is 105 Å². The predicted octanol–water partition coefficient (Wildman–Crippen LogP) is 5.54. The van der Waals surface area contributed by atoms with Gasteiger partial charge in [-0.1, -0.05) is 23.2 Å². The number of Topliss-reactive ketones (excluding diaryl/α,β-unsaturated/α-hetero) is 1. The first-order chi connectivity index (χ1) is 18.5. The number of nitrogens with zero attached hydrogens (tertiary/aromatic N) is 2. The highest BCUT2D eigenvalue weighted by atomic mass is 35.5. The zero-order valence-electron chi connectivity index (χ0n) is 21.3. The summed E-state index contributed by atoms with van der Waals surface area (Å²) in [7, 11) is 1.72. The van der Waals surface area contributed by atoms with E-state index in [0.29, 0.717) is 35.5 Å². The van der Waals surface area contributed by atoms with Gasteiger partial charge in [-0.2, -0.15) is 13.2 Å². The van der Waals surface area contributed by atoms with Crippen molar-refractivity contribution in [2.24, 2.45) is 5.41 Å². The third kappa shape index (κ3) is 6.66. The largest absolute Gasteiger partial charge is 0.418 e. The number of ketones is 1. The fourth-order valence-corrected chi connectivity index (χ4v) is 4.55. The molecule has 1 aromatic carbocycles. The molecule has 0 saturated carbocycles. The summed E-state index contributed by atoms with van der Waals surface area (Å²) < 4.78 is 45.9. The summed E-state index contributed by atoms with van der Waals surface area (Å²) in [6, 6.07) is 7.08. The van der Waals surface area contributed by atoms with Crippen LogP contribution in [0.2, 0.25) is 5.02 Å². The van der Waals surface area contributed by atoms with Crippen molar-refractivity contribution in [2.45, 2.75) is 32.5 Å². The zero-order chi connectivity index (χ0) is 28.2. The van der Waals surface area contributed by atoms with E-state index in [1.54, 1.807) is 32.3 Å². The summed E-state index contributed by atoms with van der Waals surface area (Å²) in [5.74, 6) is -0.609. The average molecular weight is 562 g/mol. The molecule has 3 aromatic rings. The molecule has 1 saturated heterocycles. The first-order valence-corrected chi connectivity index (χ1v) is 12.5. The fraction of sp³-hybridized carbons (Fsp3) is 0.333. The molecular formula is C27H27ClF3N5O3. The Kier molecular flexibility index (Phi) is 8.41. The lowest BCUT2D eigenvalue weighted by atomic mass is 9.80. The van der Waals surface area contributed by atoms with Crippen molar-refractivity contribution < 1.29 is 27.5 Å². The number of aryl methyl sites for hydroxylation is 1. The quantitative estimate of drug-likeness (QED) is 0.295. The number of carbonyl (C=O) groups is 2. The number of alkyl halides is 3. The minimum atomic E-state index is -4.54. The van der Waals surface area contributed by atoms with Crippen molar-refractivity contribution in [2.75, 3.05) is 30.9 Å². The minimum absolute atomic E-state index is 0.0387. The van der Waals surface area contributed by atoms with Crippen LogP contribution in [-0.2, 0) is 22.3 Å². The normalized spacial score (nSPS) is 17.1. The van der Waals surface area contributed by atoms with Crippen molar-refractivity contribution in [1.29, 1.82) is 0 Å². The number of hydrogen-bond donors (Lipinski definition) is 3. The maximum atomic E-state index is 13.5. The van der Waals surface area contributed by atoms with Crippen LogP contribution in [0.25, 0.3) is 0 Å². The lowest BCUT2D eigenvalue weighted by Gasteiger charge is -2.25. The van der Waals surface area contributed by atoms with Gasteiger partial charge < -0.3 is 20.7 Å². The number of carbonyl (C=O) groups excluding carboxylic acids is 2. The number of amides is 1. The number of benzene rings is 1. The molecule has 1 aliphatic rings. The molecule has 1 aliphatic heterocycles. The molecule has 12 heteroatoms. The van der Waals surface area contributed by atoms with E-state index in [-0.39, 0.29) is 47.7 Å². The molecule has 1 atom stereocenters. The predicted molar refractivity (Wildman–Crippen MR) is 141 cm³/mol. The SMILES string of the molecule is CNc1cncc(C(=O)C[C@@]2(C(=O)NCc3ncc(Nc4ccc(C)cc4C(F)(F)F)cc3Cl)CCOC2)c1. The van der Waals surface area contributed by atoms with E-state index in [4.69, 9.17) is 16.3 Å². The number of aromatic nitrogens is 2. The molecule has 0 unspecified atom stereocenters. The van der Waals surface area contributed by atoms with Gasteiger partial charge in [-0.15, -0.1) is 0 Å². The maximum Gasteiger partial charge on any atom is 0.418 e. The minimum Gasteiger partial charge on any atom is -0.387 e. The van der Waals surface area contributed by atoms with Gasteiger partial charge >= 0.3 is 6.18 Å². The van der Waals surface area contributed by atoms with Crippen molar-refractivity contribution in [3.8, 4) is 0 Å². The first-order valence-electron chi connectivity index (χ1n) is 12.1. The second-order valence-electron chi connectivity index (χ2n) is 9.40. The van der Waals surface area contributed by atoms with E-state index in [2.05, 4.69) is 25.9 Å². The van der Waals surface area contributed by atoms with Crippen molar-refractivity contribution in [3.63, 3.8) is 0 Å². The van der Waals surface area contributed by atoms with Crippen LogP contribution in [0.3, 0.4) is 0 Å². The highest BCUT2D eigenvalue weighted by molar-refractivity contribution is 6.31. The van der Waals surface area contributed by atoms with Gasteiger partial charge in [-0.3, -0.25) is 19.6 Å². The van der Waals surface area contributed by atoms with Gasteiger partial charge in [-0.05, 0) is 37.6 Å². The highest BCUT2D eigenvalue weighted by Gasteiger charge is 2.44. The van der Waals surface area contributed by atoms with Gasteiger partial charge in [-0.25, -0.2) is 0 Å². The van der Waals surface area contributed by atoms with Crippen LogP contribution >= 0.6 is 11.6 Å². The third-order valence-electron chi connectivity index (χ3n) is 6.53. The second-order valence-corrected chi connectivity index (χ2v) is 9.81. The summed E-state index contributed by atoms with van der Waals surface area (Å²) in [5, 5.41) is 8.59. The van der Waals surface area contributed by atoms with Crippen LogP contribution in [-0.4, -0.2) is 41.9 Å². The Morgan fingerprint density at radius 3 is 2.59 bits per heavy atom. The van der Waals surface area contributed by atoms with Crippen LogP contribution < -0.4 is 16.0 Å². The molecule has 2 aromatic heterocycles. The van der Waals surface area contributed by atoms with E-state index >= 15 is 0 Å². The smallest absolute Gasteiger partial charge is 0.387 e. The second kappa shape index (κ2) is 11.6. The number of rotatable bonds is 9. The van der Waals surface area contributed by atoms with Gasteiger partial charge in [0.05, 0.1) is 58.1 Å². The number of pyridine rings is 2. The van der Waals surface area contributed by atoms with Gasteiger partial charge in [0.1, 0.15) is 0 Å². The van der Waals surface area contributed by atoms with Crippen LogP contribution in [0.1, 0.15) is 40.0 Å². The van der Waals surface area contributed by atoms with Gasteiger partial charge in [0.2, 0.25) is 5.91 Å². The molecule has 3 N–H and O–H groups in total. The highest BCUT2D eigenvalue weighted by Crippen LogP contribution is 2.37. The molecule has 0 spiro atoms. The molecule has 0 radical (unpaired) electrons. The fourth-order valence-electron chi connectivity index (χ4n) is 4.32. The van der Waals surface area contributed by atoms with E-state index in [9.17, 15) is 22.8 Å². The Morgan fingerprint density at radius 1 is 1.13 bits per heavy atom. The third-order valence-corrected chi connectivity index (χ3v) is 6.85. The summed E-state index contributed by atoms with van der Waals surface area (Å²) in [6.07, 6.45) is 0.154. The van der Waals surface area contributed by atoms with Crippen LogP contribution in [0.15, 0.2) is 48.9 Å². The number of hydrogen-bond acceptors (Lipinski definition) is 7. The Hall–Kier alpha value is -3.70. The Morgan fingerprint density at radius 2 is 1.92 bits per heavy atom. The molecule has 4 rings (SSSR count). The molecule has 8 nitrogen and oxygen atoms in total. The maximum absolute atomic E-state index is 13.5. The summed E-state index contributed by atoms with van der Waals surface area (Å²) in [5.41, 5.74) is 0.131. The molecule has 1 fully saturated rings. The van der Waals surface area contributed by atoms with Crippen molar-refractivity contribution in [1.82, 2.24) is 15.3 Å². The van der Waals surface area contributed by atoms with Crippen molar-refractivity contribution >= 4 is 40.4 Å². The van der Waals surface area contributed by atoms with E-state index < -0.39 is 17.2 Å². The lowest BCUT2D eigenvalue weighted by molar-refractivity contribution is -0.137.